The van der Waals surface area contributed by atoms with Gasteiger partial charge in [0.2, 0.25) is 5.91 Å². The highest BCUT2D eigenvalue weighted by atomic mass is 16.1. The van der Waals surface area contributed by atoms with Gasteiger partial charge in [-0.05, 0) is 43.9 Å². The highest BCUT2D eigenvalue weighted by Crippen LogP contribution is 2.25. The smallest absolute Gasteiger partial charge is 0.227 e. The van der Waals surface area contributed by atoms with Crippen LogP contribution in [0, 0.1) is 19.8 Å². The molecule has 8 heteroatoms. The number of amides is 1. The van der Waals surface area contributed by atoms with Gasteiger partial charge in [0, 0.05) is 30.8 Å². The van der Waals surface area contributed by atoms with Crippen LogP contribution in [0.25, 0.3) is 5.82 Å². The van der Waals surface area contributed by atoms with E-state index in [2.05, 4.69) is 36.3 Å². The van der Waals surface area contributed by atoms with E-state index < -0.39 is 0 Å². The van der Waals surface area contributed by atoms with Crippen LogP contribution in [-0.4, -0.2) is 43.7 Å². The average molecular weight is 377 g/mol. The van der Waals surface area contributed by atoms with Crippen LogP contribution < -0.4 is 10.2 Å². The van der Waals surface area contributed by atoms with E-state index in [0.29, 0.717) is 5.82 Å². The fourth-order valence-electron chi connectivity index (χ4n) is 3.44. The Labute approximate surface area is 163 Å². The molecule has 1 fully saturated rings. The molecule has 0 atom stereocenters. The molecule has 1 aliphatic rings. The summed E-state index contributed by atoms with van der Waals surface area (Å²) in [6.07, 6.45) is 6.20. The molecular formula is C20H23N7O. The van der Waals surface area contributed by atoms with Crippen LogP contribution in [-0.2, 0) is 4.79 Å². The first-order valence-corrected chi connectivity index (χ1v) is 9.40. The van der Waals surface area contributed by atoms with E-state index in [1.807, 2.05) is 32.0 Å². The van der Waals surface area contributed by atoms with Gasteiger partial charge in [-0.3, -0.25) is 4.79 Å². The SMILES string of the molecule is Cc1ccc(C)c(NC(=O)C2CCN(c3cc(-n4cncn4)ncn3)CC2)c1. The second kappa shape index (κ2) is 7.75. The van der Waals surface area contributed by atoms with Crippen molar-refractivity contribution in [1.82, 2.24) is 24.7 Å². The van der Waals surface area contributed by atoms with Crippen molar-refractivity contribution < 1.29 is 4.79 Å². The molecule has 1 aromatic carbocycles. The maximum atomic E-state index is 12.7. The second-order valence-electron chi connectivity index (χ2n) is 7.14. The fraction of sp³-hybridized carbons (Fsp3) is 0.350. The Morgan fingerprint density at radius 2 is 1.86 bits per heavy atom. The molecule has 1 N–H and O–H groups in total. The third kappa shape index (κ3) is 3.85. The molecule has 3 aromatic rings. The highest BCUT2D eigenvalue weighted by Gasteiger charge is 2.26. The number of nitrogens with one attached hydrogen (secondary N) is 1. The maximum Gasteiger partial charge on any atom is 0.227 e. The first kappa shape index (κ1) is 18.1. The van der Waals surface area contributed by atoms with E-state index in [4.69, 9.17) is 0 Å². The number of nitrogens with zero attached hydrogens (tertiary/aromatic N) is 6. The number of anilines is 2. The van der Waals surface area contributed by atoms with Gasteiger partial charge >= 0.3 is 0 Å². The number of benzene rings is 1. The Bertz CT molecular complexity index is 962. The average Bonchev–Trinajstić information content (AvgIpc) is 3.26. The maximum absolute atomic E-state index is 12.7. The van der Waals surface area contributed by atoms with E-state index in [1.54, 1.807) is 11.0 Å². The van der Waals surface area contributed by atoms with Gasteiger partial charge in [-0.2, -0.15) is 5.10 Å². The Morgan fingerprint density at radius 1 is 1.07 bits per heavy atom. The molecule has 1 aliphatic heterocycles. The van der Waals surface area contributed by atoms with Crippen molar-refractivity contribution in [3.8, 4) is 5.82 Å². The summed E-state index contributed by atoms with van der Waals surface area (Å²) in [6, 6.07) is 8.01. The lowest BCUT2D eigenvalue weighted by Crippen LogP contribution is -2.38. The van der Waals surface area contributed by atoms with Crippen LogP contribution in [0.3, 0.4) is 0 Å². The highest BCUT2D eigenvalue weighted by molar-refractivity contribution is 5.93. The zero-order chi connectivity index (χ0) is 19.5. The summed E-state index contributed by atoms with van der Waals surface area (Å²) in [5, 5.41) is 7.21. The molecule has 0 bridgehead atoms. The minimum Gasteiger partial charge on any atom is -0.356 e. The largest absolute Gasteiger partial charge is 0.356 e. The lowest BCUT2D eigenvalue weighted by atomic mass is 9.95. The summed E-state index contributed by atoms with van der Waals surface area (Å²) in [7, 11) is 0. The number of piperidine rings is 1. The minimum atomic E-state index is 0.00721. The van der Waals surface area contributed by atoms with Crippen LogP contribution in [0.15, 0.2) is 43.2 Å². The van der Waals surface area contributed by atoms with Gasteiger partial charge < -0.3 is 10.2 Å². The van der Waals surface area contributed by atoms with Crippen molar-refractivity contribution in [2.24, 2.45) is 5.92 Å². The van der Waals surface area contributed by atoms with E-state index in [0.717, 1.165) is 48.6 Å². The van der Waals surface area contributed by atoms with E-state index in [1.165, 1.54) is 12.7 Å². The van der Waals surface area contributed by atoms with E-state index >= 15 is 0 Å². The number of aromatic nitrogens is 5. The first-order valence-electron chi connectivity index (χ1n) is 9.40. The molecule has 4 rings (SSSR count). The predicted octanol–water partition coefficient (Wildman–Crippen LogP) is 2.53. The van der Waals surface area contributed by atoms with Gasteiger partial charge in [0.1, 0.15) is 24.8 Å². The van der Waals surface area contributed by atoms with Crippen molar-refractivity contribution in [2.45, 2.75) is 26.7 Å². The fourth-order valence-corrected chi connectivity index (χ4v) is 3.44. The van der Waals surface area contributed by atoms with Crippen LogP contribution in [0.5, 0.6) is 0 Å². The lowest BCUT2D eigenvalue weighted by molar-refractivity contribution is -0.120. The summed E-state index contributed by atoms with van der Waals surface area (Å²) in [5.74, 6) is 1.62. The minimum absolute atomic E-state index is 0.00721. The van der Waals surface area contributed by atoms with Crippen LogP contribution >= 0.6 is 0 Å². The normalized spacial score (nSPS) is 14.9. The third-order valence-electron chi connectivity index (χ3n) is 5.13. The van der Waals surface area contributed by atoms with Crippen LogP contribution in [0.4, 0.5) is 11.5 Å². The second-order valence-corrected chi connectivity index (χ2v) is 7.14. The number of aryl methyl sites for hydroxylation is 2. The van der Waals surface area contributed by atoms with Gasteiger partial charge in [0.25, 0.3) is 0 Å². The molecule has 144 valence electrons. The first-order chi connectivity index (χ1) is 13.6. The Kier molecular flexibility index (Phi) is 5.01. The Balaban J connectivity index is 1.39. The number of rotatable bonds is 4. The number of hydrogen-bond donors (Lipinski definition) is 1. The van der Waals surface area contributed by atoms with Crippen molar-refractivity contribution in [2.75, 3.05) is 23.3 Å². The summed E-state index contributed by atoms with van der Waals surface area (Å²) >= 11 is 0. The molecule has 28 heavy (non-hydrogen) atoms. The molecule has 0 spiro atoms. The number of hydrogen-bond acceptors (Lipinski definition) is 6. The van der Waals surface area contributed by atoms with Crippen molar-refractivity contribution in [1.29, 1.82) is 0 Å². The Morgan fingerprint density at radius 3 is 2.61 bits per heavy atom. The van der Waals surface area contributed by atoms with E-state index in [-0.39, 0.29) is 11.8 Å². The summed E-state index contributed by atoms with van der Waals surface area (Å²) in [5.41, 5.74) is 3.13. The third-order valence-corrected chi connectivity index (χ3v) is 5.13. The molecule has 0 unspecified atom stereocenters. The zero-order valence-electron chi connectivity index (χ0n) is 16.0. The molecule has 0 saturated carbocycles. The lowest BCUT2D eigenvalue weighted by Gasteiger charge is -2.32. The number of carbonyl (C=O) groups excluding carboxylic acids is 1. The molecule has 3 heterocycles. The summed E-state index contributed by atoms with van der Waals surface area (Å²) < 4.78 is 1.61. The molecule has 1 saturated heterocycles. The van der Waals surface area contributed by atoms with Gasteiger partial charge in [-0.1, -0.05) is 12.1 Å². The molecule has 8 nitrogen and oxygen atoms in total. The zero-order valence-corrected chi connectivity index (χ0v) is 16.0. The van der Waals surface area contributed by atoms with Crippen molar-refractivity contribution >= 4 is 17.4 Å². The predicted molar refractivity (Wildman–Crippen MR) is 106 cm³/mol. The summed E-state index contributed by atoms with van der Waals surface area (Å²) in [6.45, 7) is 5.60. The van der Waals surface area contributed by atoms with Crippen LogP contribution in [0.1, 0.15) is 24.0 Å². The molecule has 0 radical (unpaired) electrons. The quantitative estimate of drug-likeness (QED) is 0.752. The standard InChI is InChI=1S/C20H23N7O/c1-14-3-4-15(2)17(9-14)25-20(28)16-5-7-26(8-6-16)18-10-19(23-12-22-18)27-13-21-11-24-27/h3-4,9-13,16H,5-8H2,1-2H3,(H,25,28). The topological polar surface area (TPSA) is 88.8 Å². The molecule has 2 aromatic heterocycles. The van der Waals surface area contributed by atoms with Crippen molar-refractivity contribution in [3.63, 3.8) is 0 Å². The van der Waals surface area contributed by atoms with E-state index in [9.17, 15) is 4.79 Å². The van der Waals surface area contributed by atoms with Crippen molar-refractivity contribution in [3.05, 3.63) is 54.4 Å². The van der Waals surface area contributed by atoms with Gasteiger partial charge in [-0.25, -0.2) is 19.6 Å². The molecule has 1 amide bonds. The molecule has 0 aliphatic carbocycles. The Hall–Kier alpha value is -3.29. The van der Waals surface area contributed by atoms with Gasteiger partial charge in [-0.15, -0.1) is 0 Å². The van der Waals surface area contributed by atoms with Crippen LogP contribution in [0.2, 0.25) is 0 Å². The summed E-state index contributed by atoms with van der Waals surface area (Å²) in [4.78, 5) is 27.5. The number of carbonyl (C=O) groups is 1. The van der Waals surface area contributed by atoms with Gasteiger partial charge in [0.05, 0.1) is 0 Å². The molecular weight excluding hydrogens is 354 g/mol. The monoisotopic (exact) mass is 377 g/mol. The van der Waals surface area contributed by atoms with Gasteiger partial charge in [0.15, 0.2) is 5.82 Å².